The standard InChI is InChI=1S/C7H15O2/c1-4-6(3)9-7(8)5-2/h6-7H,4-5H2,1-3H3. The average Bonchev–Trinajstić information content (AvgIpc) is 1.87. The molecule has 0 amide bonds. The van der Waals surface area contributed by atoms with E-state index < -0.39 is 6.29 Å². The van der Waals surface area contributed by atoms with Crippen molar-refractivity contribution in [1.82, 2.24) is 0 Å². The van der Waals surface area contributed by atoms with Crippen LogP contribution in [-0.2, 0) is 9.84 Å². The molecule has 2 heteroatoms. The molecule has 2 unspecified atom stereocenters. The third-order valence-corrected chi connectivity index (χ3v) is 1.29. The van der Waals surface area contributed by atoms with Crippen molar-refractivity contribution in [3.63, 3.8) is 0 Å². The molecule has 0 aliphatic carbocycles. The number of hydrogen-bond acceptors (Lipinski definition) is 1. The van der Waals surface area contributed by atoms with E-state index >= 15 is 0 Å². The largest absolute Gasteiger partial charge is 0.347 e. The Kier molecular flexibility index (Phi) is 4.72. The summed E-state index contributed by atoms with van der Waals surface area (Å²) in [7, 11) is 0. The maximum Gasteiger partial charge on any atom is 0.191 e. The lowest BCUT2D eigenvalue weighted by atomic mass is 10.3. The molecular formula is C7H15O2. The zero-order chi connectivity index (χ0) is 7.28. The Hall–Kier alpha value is -0.0800. The first-order valence-electron chi connectivity index (χ1n) is 3.52. The maximum atomic E-state index is 10.6. The van der Waals surface area contributed by atoms with E-state index in [4.69, 9.17) is 4.74 Å². The van der Waals surface area contributed by atoms with Gasteiger partial charge in [-0.2, -0.15) is 0 Å². The fraction of sp³-hybridized carbons (Fsp3) is 1.00. The number of hydrogen-bond donors (Lipinski definition) is 0. The highest BCUT2D eigenvalue weighted by molar-refractivity contribution is 4.45. The topological polar surface area (TPSA) is 29.1 Å². The Bertz CT molecular complexity index is 55.9. The Balaban J connectivity index is 3.22. The summed E-state index contributed by atoms with van der Waals surface area (Å²) in [4.78, 5) is 0. The van der Waals surface area contributed by atoms with E-state index in [0.29, 0.717) is 6.42 Å². The molecule has 0 aromatic carbocycles. The smallest absolute Gasteiger partial charge is 0.191 e. The SMILES string of the molecule is CCC(C)OC([O])CC. The van der Waals surface area contributed by atoms with Gasteiger partial charge in [0.2, 0.25) is 0 Å². The van der Waals surface area contributed by atoms with E-state index in [2.05, 4.69) is 0 Å². The molecule has 0 aromatic heterocycles. The molecule has 1 radical (unpaired) electrons. The van der Waals surface area contributed by atoms with Crippen LogP contribution in [0.2, 0.25) is 0 Å². The van der Waals surface area contributed by atoms with Crippen molar-refractivity contribution in [2.75, 3.05) is 0 Å². The third-order valence-electron chi connectivity index (χ3n) is 1.29. The van der Waals surface area contributed by atoms with Gasteiger partial charge in [0.1, 0.15) is 0 Å². The van der Waals surface area contributed by atoms with Gasteiger partial charge >= 0.3 is 0 Å². The molecule has 9 heavy (non-hydrogen) atoms. The molecular weight excluding hydrogens is 116 g/mol. The Morgan fingerprint density at radius 2 is 1.89 bits per heavy atom. The van der Waals surface area contributed by atoms with Gasteiger partial charge in [-0.3, -0.25) is 0 Å². The third kappa shape index (κ3) is 4.43. The summed E-state index contributed by atoms with van der Waals surface area (Å²) in [6, 6.07) is 0. The van der Waals surface area contributed by atoms with Crippen LogP contribution in [0.4, 0.5) is 0 Å². The molecule has 2 atom stereocenters. The molecule has 0 aliphatic heterocycles. The summed E-state index contributed by atoms with van der Waals surface area (Å²) in [6.07, 6.45) is 0.774. The van der Waals surface area contributed by atoms with Gasteiger partial charge in [0, 0.05) is 0 Å². The molecule has 0 bridgehead atoms. The maximum absolute atomic E-state index is 10.6. The fourth-order valence-electron chi connectivity index (χ4n) is 0.452. The minimum absolute atomic E-state index is 0.118. The van der Waals surface area contributed by atoms with Gasteiger partial charge in [0.15, 0.2) is 6.29 Å². The first-order valence-corrected chi connectivity index (χ1v) is 3.52. The zero-order valence-electron chi connectivity index (χ0n) is 6.39. The summed E-state index contributed by atoms with van der Waals surface area (Å²) >= 11 is 0. The van der Waals surface area contributed by atoms with Gasteiger partial charge < -0.3 is 4.74 Å². The minimum atomic E-state index is -0.819. The van der Waals surface area contributed by atoms with Crippen LogP contribution in [0.5, 0.6) is 0 Å². The normalized spacial score (nSPS) is 17.3. The van der Waals surface area contributed by atoms with E-state index in [1.807, 2.05) is 20.8 Å². The summed E-state index contributed by atoms with van der Waals surface area (Å²) in [6.45, 7) is 5.76. The second kappa shape index (κ2) is 4.77. The van der Waals surface area contributed by atoms with Crippen molar-refractivity contribution >= 4 is 0 Å². The highest BCUT2D eigenvalue weighted by atomic mass is 16.6. The number of ether oxygens (including phenoxy) is 1. The van der Waals surface area contributed by atoms with Crippen molar-refractivity contribution < 1.29 is 9.84 Å². The lowest BCUT2D eigenvalue weighted by molar-refractivity contribution is -0.166. The van der Waals surface area contributed by atoms with Crippen molar-refractivity contribution in [3.8, 4) is 0 Å². The second-order valence-corrected chi connectivity index (χ2v) is 2.19. The molecule has 0 heterocycles. The first kappa shape index (κ1) is 8.92. The van der Waals surface area contributed by atoms with Crippen LogP contribution in [0.25, 0.3) is 0 Å². The first-order chi connectivity index (χ1) is 4.20. The molecule has 0 aromatic rings. The Morgan fingerprint density at radius 3 is 2.22 bits per heavy atom. The summed E-state index contributed by atoms with van der Waals surface area (Å²) in [5, 5.41) is 10.6. The van der Waals surface area contributed by atoms with Crippen molar-refractivity contribution in [1.29, 1.82) is 0 Å². The lowest BCUT2D eigenvalue weighted by Gasteiger charge is -2.12. The Morgan fingerprint density at radius 1 is 1.33 bits per heavy atom. The molecule has 0 rings (SSSR count). The van der Waals surface area contributed by atoms with Crippen LogP contribution in [0, 0.1) is 0 Å². The summed E-state index contributed by atoms with van der Waals surface area (Å²) in [5.41, 5.74) is 0. The summed E-state index contributed by atoms with van der Waals surface area (Å²) in [5.74, 6) is 0. The molecule has 55 valence electrons. The molecule has 0 saturated carbocycles. The second-order valence-electron chi connectivity index (χ2n) is 2.19. The van der Waals surface area contributed by atoms with Crippen LogP contribution in [0.1, 0.15) is 33.6 Å². The fourth-order valence-corrected chi connectivity index (χ4v) is 0.452. The van der Waals surface area contributed by atoms with E-state index in [0.717, 1.165) is 6.42 Å². The van der Waals surface area contributed by atoms with E-state index in [-0.39, 0.29) is 6.10 Å². The molecule has 0 aliphatic rings. The predicted molar refractivity (Wildman–Crippen MR) is 35.6 cm³/mol. The highest BCUT2D eigenvalue weighted by Gasteiger charge is 2.06. The molecule has 0 saturated heterocycles. The quantitative estimate of drug-likeness (QED) is 0.536. The van der Waals surface area contributed by atoms with Crippen LogP contribution >= 0.6 is 0 Å². The van der Waals surface area contributed by atoms with E-state index in [1.54, 1.807) is 0 Å². The van der Waals surface area contributed by atoms with Crippen molar-refractivity contribution in [2.24, 2.45) is 0 Å². The van der Waals surface area contributed by atoms with Gasteiger partial charge in [0.05, 0.1) is 6.10 Å². The Labute approximate surface area is 56.8 Å². The minimum Gasteiger partial charge on any atom is -0.347 e. The van der Waals surface area contributed by atoms with Crippen LogP contribution in [0.3, 0.4) is 0 Å². The van der Waals surface area contributed by atoms with Crippen molar-refractivity contribution in [3.05, 3.63) is 0 Å². The predicted octanol–water partition coefficient (Wildman–Crippen LogP) is 1.97. The zero-order valence-corrected chi connectivity index (χ0v) is 6.39. The van der Waals surface area contributed by atoms with Gasteiger partial charge in [-0.1, -0.05) is 13.8 Å². The monoisotopic (exact) mass is 131 g/mol. The molecule has 0 N–H and O–H groups in total. The van der Waals surface area contributed by atoms with Crippen LogP contribution in [-0.4, -0.2) is 12.4 Å². The van der Waals surface area contributed by atoms with Crippen LogP contribution in [0.15, 0.2) is 0 Å². The van der Waals surface area contributed by atoms with Crippen LogP contribution < -0.4 is 0 Å². The van der Waals surface area contributed by atoms with E-state index in [9.17, 15) is 5.11 Å². The lowest BCUT2D eigenvalue weighted by Crippen LogP contribution is -2.16. The molecule has 0 fully saturated rings. The van der Waals surface area contributed by atoms with Gasteiger partial charge in [-0.05, 0) is 19.8 Å². The highest BCUT2D eigenvalue weighted by Crippen LogP contribution is 2.02. The number of rotatable bonds is 4. The van der Waals surface area contributed by atoms with Gasteiger partial charge in [0.25, 0.3) is 0 Å². The molecule has 2 nitrogen and oxygen atoms in total. The summed E-state index contributed by atoms with van der Waals surface area (Å²) < 4.78 is 4.99. The van der Waals surface area contributed by atoms with E-state index in [1.165, 1.54) is 0 Å². The van der Waals surface area contributed by atoms with Gasteiger partial charge in [-0.25, -0.2) is 5.11 Å². The van der Waals surface area contributed by atoms with Crippen molar-refractivity contribution in [2.45, 2.75) is 46.0 Å². The van der Waals surface area contributed by atoms with Gasteiger partial charge in [-0.15, -0.1) is 0 Å². The molecule has 0 spiro atoms. The average molecular weight is 131 g/mol.